The summed E-state index contributed by atoms with van der Waals surface area (Å²) in [5.41, 5.74) is 3.64. The molecule has 1 aliphatic rings. The fourth-order valence-electron chi connectivity index (χ4n) is 3.21. The first-order chi connectivity index (χ1) is 12.1. The Morgan fingerprint density at radius 1 is 1.24 bits per heavy atom. The van der Waals surface area contributed by atoms with Crippen molar-refractivity contribution in [3.8, 4) is 0 Å². The van der Waals surface area contributed by atoms with Crippen LogP contribution in [0.5, 0.6) is 0 Å². The predicted octanol–water partition coefficient (Wildman–Crippen LogP) is 3.31. The molecule has 6 heteroatoms. The Morgan fingerprint density at radius 3 is 2.76 bits per heavy atom. The maximum Gasteiger partial charge on any atom is 0.227 e. The first-order valence-electron chi connectivity index (χ1n) is 8.66. The Labute approximate surface area is 151 Å². The van der Waals surface area contributed by atoms with Gasteiger partial charge in [0, 0.05) is 28.9 Å². The van der Waals surface area contributed by atoms with Gasteiger partial charge < -0.3 is 10.6 Å². The van der Waals surface area contributed by atoms with Gasteiger partial charge in [-0.15, -0.1) is 11.3 Å². The minimum absolute atomic E-state index is 0.0331. The van der Waals surface area contributed by atoms with Crippen molar-refractivity contribution < 1.29 is 9.59 Å². The predicted molar refractivity (Wildman–Crippen MR) is 99.5 cm³/mol. The van der Waals surface area contributed by atoms with Gasteiger partial charge in [0.15, 0.2) is 0 Å². The molecule has 5 nitrogen and oxygen atoms in total. The van der Waals surface area contributed by atoms with E-state index >= 15 is 0 Å². The van der Waals surface area contributed by atoms with E-state index in [1.165, 1.54) is 4.88 Å². The molecule has 0 spiro atoms. The second-order valence-electron chi connectivity index (χ2n) is 6.49. The molecule has 1 saturated carbocycles. The van der Waals surface area contributed by atoms with E-state index < -0.39 is 0 Å². The summed E-state index contributed by atoms with van der Waals surface area (Å²) in [7, 11) is 0. The largest absolute Gasteiger partial charge is 0.353 e. The van der Waals surface area contributed by atoms with Crippen molar-refractivity contribution in [3.05, 3.63) is 46.4 Å². The van der Waals surface area contributed by atoms with Gasteiger partial charge in [-0.1, -0.05) is 18.2 Å². The van der Waals surface area contributed by atoms with Crippen LogP contribution in [0.1, 0.15) is 36.3 Å². The standard InChI is InChI=1S/C19H23N3O2S/c1-13-17(25-12-20-13)9-10-18(23)21-16-8-7-14(11-16)19(24)22-15-5-3-2-4-6-15/h2-6,12,14,16H,7-11H2,1H3,(H,21,23)(H,22,24)/t14-,16+/m0/s1. The molecule has 0 unspecified atom stereocenters. The minimum Gasteiger partial charge on any atom is -0.353 e. The summed E-state index contributed by atoms with van der Waals surface area (Å²) < 4.78 is 0. The van der Waals surface area contributed by atoms with E-state index in [1.54, 1.807) is 11.3 Å². The zero-order chi connectivity index (χ0) is 17.6. The SMILES string of the molecule is Cc1ncsc1CCC(=O)N[C@@H]1CC[C@H](C(=O)Nc2ccccc2)C1. The third-order valence-electron chi connectivity index (χ3n) is 4.63. The zero-order valence-corrected chi connectivity index (χ0v) is 15.1. The molecule has 0 aliphatic heterocycles. The summed E-state index contributed by atoms with van der Waals surface area (Å²) in [6, 6.07) is 9.59. The summed E-state index contributed by atoms with van der Waals surface area (Å²) in [5.74, 6) is 0.0689. The van der Waals surface area contributed by atoms with Crippen molar-refractivity contribution in [2.45, 2.75) is 45.1 Å². The molecule has 0 bridgehead atoms. The molecule has 2 atom stereocenters. The van der Waals surface area contributed by atoms with Gasteiger partial charge in [0.05, 0.1) is 11.2 Å². The van der Waals surface area contributed by atoms with Crippen LogP contribution in [0.25, 0.3) is 0 Å². The Morgan fingerprint density at radius 2 is 2.04 bits per heavy atom. The Hall–Kier alpha value is -2.21. The quantitative estimate of drug-likeness (QED) is 0.833. The van der Waals surface area contributed by atoms with Crippen LogP contribution < -0.4 is 10.6 Å². The van der Waals surface area contributed by atoms with E-state index in [9.17, 15) is 9.59 Å². The third kappa shape index (κ3) is 4.89. The van der Waals surface area contributed by atoms with E-state index in [-0.39, 0.29) is 23.8 Å². The lowest BCUT2D eigenvalue weighted by Crippen LogP contribution is -2.33. The topological polar surface area (TPSA) is 71.1 Å². The zero-order valence-electron chi connectivity index (χ0n) is 14.3. The van der Waals surface area contributed by atoms with Crippen LogP contribution >= 0.6 is 11.3 Å². The smallest absolute Gasteiger partial charge is 0.227 e. The molecule has 2 amide bonds. The highest BCUT2D eigenvalue weighted by Gasteiger charge is 2.30. The highest BCUT2D eigenvalue weighted by Crippen LogP contribution is 2.27. The van der Waals surface area contributed by atoms with Crippen molar-refractivity contribution >= 4 is 28.8 Å². The van der Waals surface area contributed by atoms with Crippen LogP contribution in [0.15, 0.2) is 35.8 Å². The number of aryl methyl sites for hydroxylation is 2. The summed E-state index contributed by atoms with van der Waals surface area (Å²) in [4.78, 5) is 29.9. The molecule has 1 aromatic heterocycles. The van der Waals surface area contributed by atoms with Crippen LogP contribution in [0.2, 0.25) is 0 Å². The average Bonchev–Trinajstić information content (AvgIpc) is 3.23. The number of anilines is 1. The fourth-order valence-corrected chi connectivity index (χ4v) is 3.99. The minimum atomic E-state index is -0.0331. The molecule has 132 valence electrons. The van der Waals surface area contributed by atoms with Crippen molar-refractivity contribution in [1.82, 2.24) is 10.3 Å². The van der Waals surface area contributed by atoms with E-state index in [1.807, 2.05) is 42.8 Å². The number of hydrogen-bond donors (Lipinski definition) is 2. The number of nitrogens with one attached hydrogen (secondary N) is 2. The monoisotopic (exact) mass is 357 g/mol. The Kier molecular flexibility index (Phi) is 5.81. The van der Waals surface area contributed by atoms with Gasteiger partial charge in [0.25, 0.3) is 0 Å². The summed E-state index contributed by atoms with van der Waals surface area (Å²) >= 11 is 1.60. The lowest BCUT2D eigenvalue weighted by Gasteiger charge is -2.14. The van der Waals surface area contributed by atoms with Crippen LogP contribution in [0, 0.1) is 12.8 Å². The maximum atomic E-state index is 12.3. The number of thiazole rings is 1. The van der Waals surface area contributed by atoms with E-state index in [0.29, 0.717) is 12.8 Å². The first kappa shape index (κ1) is 17.6. The number of aromatic nitrogens is 1. The van der Waals surface area contributed by atoms with Crippen molar-refractivity contribution in [1.29, 1.82) is 0 Å². The number of para-hydroxylation sites is 1. The number of carbonyl (C=O) groups excluding carboxylic acids is 2. The van der Waals surface area contributed by atoms with E-state index in [2.05, 4.69) is 15.6 Å². The highest BCUT2D eigenvalue weighted by molar-refractivity contribution is 7.09. The molecule has 0 radical (unpaired) electrons. The molecule has 2 N–H and O–H groups in total. The summed E-state index contributed by atoms with van der Waals surface area (Å²) in [6.07, 6.45) is 3.59. The molecule has 25 heavy (non-hydrogen) atoms. The molecular weight excluding hydrogens is 334 g/mol. The molecular formula is C19H23N3O2S. The molecule has 1 fully saturated rings. The lowest BCUT2D eigenvalue weighted by molar-refractivity contribution is -0.122. The van der Waals surface area contributed by atoms with Crippen molar-refractivity contribution in [2.75, 3.05) is 5.32 Å². The Balaban J connectivity index is 1.42. The van der Waals surface area contributed by atoms with Gasteiger partial charge in [0.2, 0.25) is 11.8 Å². The van der Waals surface area contributed by atoms with Crippen LogP contribution in [0.4, 0.5) is 5.69 Å². The van der Waals surface area contributed by atoms with Gasteiger partial charge in [-0.25, -0.2) is 4.98 Å². The first-order valence-corrected chi connectivity index (χ1v) is 9.54. The fraction of sp³-hybridized carbons (Fsp3) is 0.421. The van der Waals surface area contributed by atoms with E-state index in [4.69, 9.17) is 0 Å². The van der Waals surface area contributed by atoms with Crippen LogP contribution in [0.3, 0.4) is 0 Å². The summed E-state index contributed by atoms with van der Waals surface area (Å²) in [6.45, 7) is 1.97. The van der Waals surface area contributed by atoms with E-state index in [0.717, 1.165) is 30.6 Å². The number of hydrogen-bond acceptors (Lipinski definition) is 4. The molecule has 1 heterocycles. The van der Waals surface area contributed by atoms with Crippen molar-refractivity contribution in [3.63, 3.8) is 0 Å². The Bertz CT molecular complexity index is 729. The van der Waals surface area contributed by atoms with Gasteiger partial charge in [0.1, 0.15) is 0 Å². The molecule has 1 aliphatic carbocycles. The average molecular weight is 357 g/mol. The molecule has 0 saturated heterocycles. The van der Waals surface area contributed by atoms with Gasteiger partial charge in [-0.3, -0.25) is 9.59 Å². The molecule has 3 rings (SSSR count). The third-order valence-corrected chi connectivity index (χ3v) is 5.63. The lowest BCUT2D eigenvalue weighted by atomic mass is 10.1. The second-order valence-corrected chi connectivity index (χ2v) is 7.43. The molecule has 2 aromatic rings. The van der Waals surface area contributed by atoms with Crippen LogP contribution in [-0.2, 0) is 16.0 Å². The number of rotatable bonds is 6. The number of amides is 2. The number of nitrogens with zero attached hydrogens (tertiary/aromatic N) is 1. The van der Waals surface area contributed by atoms with Crippen LogP contribution in [-0.4, -0.2) is 22.8 Å². The normalized spacial score (nSPS) is 19.6. The second kappa shape index (κ2) is 8.25. The summed E-state index contributed by atoms with van der Waals surface area (Å²) in [5, 5.41) is 6.03. The number of carbonyl (C=O) groups is 2. The van der Waals surface area contributed by atoms with Crippen molar-refractivity contribution in [2.24, 2.45) is 5.92 Å². The maximum absolute atomic E-state index is 12.3. The highest BCUT2D eigenvalue weighted by atomic mass is 32.1. The number of benzene rings is 1. The molecule has 1 aromatic carbocycles. The van der Waals surface area contributed by atoms with Gasteiger partial charge in [-0.2, -0.15) is 0 Å². The van der Waals surface area contributed by atoms with Gasteiger partial charge >= 0.3 is 0 Å². The van der Waals surface area contributed by atoms with Gasteiger partial charge in [-0.05, 0) is 44.7 Å².